The van der Waals surface area contributed by atoms with Gasteiger partial charge in [0.2, 0.25) is 0 Å². The summed E-state index contributed by atoms with van der Waals surface area (Å²) in [7, 11) is 2.06. The maximum Gasteiger partial charge on any atom is 0.327 e. The summed E-state index contributed by atoms with van der Waals surface area (Å²) in [6.45, 7) is 6.91. The topological polar surface area (TPSA) is 49.9 Å². The van der Waals surface area contributed by atoms with Gasteiger partial charge in [-0.3, -0.25) is 9.59 Å². The van der Waals surface area contributed by atoms with E-state index in [0.29, 0.717) is 4.32 Å². The first-order valence-electron chi connectivity index (χ1n) is 6.27. The maximum atomic E-state index is 11.7. The van der Waals surface area contributed by atoms with Crippen LogP contribution in [0.2, 0.25) is 0 Å². The summed E-state index contributed by atoms with van der Waals surface area (Å²) in [5.41, 5.74) is 0. The summed E-state index contributed by atoms with van der Waals surface area (Å²) in [4.78, 5) is 27.5. The van der Waals surface area contributed by atoms with Gasteiger partial charge in [0.05, 0.1) is 6.61 Å². The number of thiocarbonyl (C=S) groups is 1. The van der Waals surface area contributed by atoms with Gasteiger partial charge in [0.1, 0.15) is 4.32 Å². The number of nitrogens with zero attached hydrogens (tertiary/aromatic N) is 2. The Bertz CT molecular complexity index is 355. The summed E-state index contributed by atoms with van der Waals surface area (Å²) in [6.07, 6.45) is 0. The van der Waals surface area contributed by atoms with Crippen molar-refractivity contribution in [2.75, 3.05) is 39.8 Å². The lowest BCUT2D eigenvalue weighted by Crippen LogP contribution is -2.46. The van der Waals surface area contributed by atoms with Crippen LogP contribution in [0.4, 0.5) is 0 Å². The van der Waals surface area contributed by atoms with Crippen LogP contribution in [0.5, 0.6) is 0 Å². The minimum atomic E-state index is -0.841. The second kappa shape index (κ2) is 7.81. The monoisotopic (exact) mass is 304 g/mol. The Morgan fingerprint density at radius 3 is 2.37 bits per heavy atom. The molecule has 1 atom stereocenters. The number of likely N-dealkylation sites (N-methyl/N-ethyl adjacent to an activating group) is 1. The zero-order chi connectivity index (χ0) is 14.4. The smallest absolute Gasteiger partial charge is 0.327 e. The number of ether oxygens (including phenoxy) is 1. The summed E-state index contributed by atoms with van der Waals surface area (Å²) in [5.74, 6) is -0.726. The van der Waals surface area contributed by atoms with Gasteiger partial charge < -0.3 is 14.5 Å². The molecule has 108 valence electrons. The van der Waals surface area contributed by atoms with E-state index in [1.165, 1.54) is 6.92 Å². The van der Waals surface area contributed by atoms with Crippen molar-refractivity contribution in [1.29, 1.82) is 0 Å². The van der Waals surface area contributed by atoms with E-state index < -0.39 is 11.2 Å². The van der Waals surface area contributed by atoms with Crippen molar-refractivity contribution >= 4 is 40.1 Å². The molecule has 0 aromatic heterocycles. The molecule has 0 aliphatic carbocycles. The van der Waals surface area contributed by atoms with Gasteiger partial charge in [-0.15, -0.1) is 0 Å². The van der Waals surface area contributed by atoms with E-state index in [1.54, 1.807) is 6.92 Å². The number of piperazine rings is 1. The predicted octanol–water partition coefficient (Wildman–Crippen LogP) is 0.773. The number of thioether (sulfide) groups is 1. The van der Waals surface area contributed by atoms with E-state index in [9.17, 15) is 9.59 Å². The Balaban J connectivity index is 2.56. The first-order chi connectivity index (χ1) is 8.95. The average Bonchev–Trinajstić information content (AvgIpc) is 2.36. The van der Waals surface area contributed by atoms with Crippen LogP contribution >= 0.6 is 24.0 Å². The van der Waals surface area contributed by atoms with Gasteiger partial charge in [-0.2, -0.15) is 0 Å². The standard InChI is InChI=1S/C12H20N2O3S2/c1-4-17-11(16)10(9(2)15)19-12(18)14-7-5-13(3)6-8-14/h10H,4-8H2,1-3H3. The molecule has 0 N–H and O–H groups in total. The van der Waals surface area contributed by atoms with Gasteiger partial charge in [-0.25, -0.2) is 0 Å². The third kappa shape index (κ3) is 5.08. The lowest BCUT2D eigenvalue weighted by Gasteiger charge is -2.34. The number of hydrogen-bond acceptors (Lipinski definition) is 6. The van der Waals surface area contributed by atoms with Crippen LogP contribution in [0.25, 0.3) is 0 Å². The predicted molar refractivity (Wildman–Crippen MR) is 80.4 cm³/mol. The van der Waals surface area contributed by atoms with E-state index >= 15 is 0 Å². The number of rotatable bonds is 4. The highest BCUT2D eigenvalue weighted by atomic mass is 32.2. The van der Waals surface area contributed by atoms with Crippen molar-refractivity contribution in [3.8, 4) is 0 Å². The van der Waals surface area contributed by atoms with Crippen molar-refractivity contribution in [3.05, 3.63) is 0 Å². The number of ketones is 1. The molecule has 1 saturated heterocycles. The molecule has 0 amide bonds. The van der Waals surface area contributed by atoms with Crippen LogP contribution in [0, 0.1) is 0 Å². The molecule has 1 heterocycles. The second-order valence-corrected chi connectivity index (χ2v) is 6.16. The van der Waals surface area contributed by atoms with Crippen LogP contribution in [0.15, 0.2) is 0 Å². The van der Waals surface area contributed by atoms with Crippen molar-refractivity contribution in [3.63, 3.8) is 0 Å². The molecular formula is C12H20N2O3S2. The maximum absolute atomic E-state index is 11.7. The molecule has 0 bridgehead atoms. The molecule has 0 aromatic rings. The number of esters is 1. The Hall–Kier alpha value is -0.660. The normalized spacial score (nSPS) is 17.9. The van der Waals surface area contributed by atoms with E-state index in [2.05, 4.69) is 11.9 Å². The first kappa shape index (κ1) is 16.4. The molecular weight excluding hydrogens is 284 g/mol. The average molecular weight is 304 g/mol. The van der Waals surface area contributed by atoms with Gasteiger partial charge in [0, 0.05) is 26.2 Å². The first-order valence-corrected chi connectivity index (χ1v) is 7.55. The molecule has 1 aliphatic heterocycles. The lowest BCUT2D eigenvalue weighted by atomic mass is 10.3. The molecule has 0 spiro atoms. The Morgan fingerprint density at radius 2 is 1.89 bits per heavy atom. The zero-order valence-electron chi connectivity index (χ0n) is 11.5. The van der Waals surface area contributed by atoms with Gasteiger partial charge in [0.25, 0.3) is 0 Å². The molecule has 0 aromatic carbocycles. The minimum absolute atomic E-state index is 0.222. The molecule has 0 saturated carbocycles. The van der Waals surface area contributed by atoms with Crippen molar-refractivity contribution in [1.82, 2.24) is 9.80 Å². The van der Waals surface area contributed by atoms with Crippen LogP contribution in [0.1, 0.15) is 13.8 Å². The third-order valence-electron chi connectivity index (χ3n) is 2.85. The highest BCUT2D eigenvalue weighted by Gasteiger charge is 2.29. The van der Waals surface area contributed by atoms with E-state index in [4.69, 9.17) is 17.0 Å². The fourth-order valence-corrected chi connectivity index (χ4v) is 3.01. The summed E-state index contributed by atoms with van der Waals surface area (Å²) < 4.78 is 5.50. The minimum Gasteiger partial charge on any atom is -0.465 e. The quantitative estimate of drug-likeness (QED) is 0.432. The summed E-state index contributed by atoms with van der Waals surface area (Å²) in [6, 6.07) is 0. The Labute approximate surface area is 123 Å². The molecule has 1 unspecified atom stereocenters. The Kier molecular flexibility index (Phi) is 6.74. The van der Waals surface area contributed by atoms with Crippen LogP contribution < -0.4 is 0 Å². The second-order valence-electron chi connectivity index (χ2n) is 4.42. The van der Waals surface area contributed by atoms with E-state index in [0.717, 1.165) is 37.9 Å². The van der Waals surface area contributed by atoms with Crippen LogP contribution in [0.3, 0.4) is 0 Å². The van der Waals surface area contributed by atoms with Crippen molar-refractivity contribution in [2.45, 2.75) is 19.1 Å². The van der Waals surface area contributed by atoms with E-state index in [1.807, 2.05) is 4.90 Å². The Morgan fingerprint density at radius 1 is 1.32 bits per heavy atom. The van der Waals surface area contributed by atoms with Crippen molar-refractivity contribution in [2.24, 2.45) is 0 Å². The molecule has 7 heteroatoms. The van der Waals surface area contributed by atoms with Crippen LogP contribution in [-0.2, 0) is 14.3 Å². The largest absolute Gasteiger partial charge is 0.465 e. The molecule has 1 aliphatic rings. The lowest BCUT2D eigenvalue weighted by molar-refractivity contribution is -0.144. The number of Topliss-reactive ketones (excluding diaryl/α,β-unsaturated/α-hetero) is 1. The van der Waals surface area contributed by atoms with Gasteiger partial charge in [0.15, 0.2) is 11.0 Å². The number of carbonyl (C=O) groups is 2. The zero-order valence-corrected chi connectivity index (χ0v) is 13.2. The third-order valence-corrected chi connectivity index (χ3v) is 4.62. The highest BCUT2D eigenvalue weighted by molar-refractivity contribution is 8.24. The number of carbonyl (C=O) groups excluding carboxylic acids is 2. The summed E-state index contributed by atoms with van der Waals surface area (Å²) >= 11 is 6.45. The van der Waals surface area contributed by atoms with Gasteiger partial charge >= 0.3 is 5.97 Å². The van der Waals surface area contributed by atoms with Gasteiger partial charge in [-0.05, 0) is 20.9 Å². The molecule has 5 nitrogen and oxygen atoms in total. The molecule has 19 heavy (non-hydrogen) atoms. The van der Waals surface area contributed by atoms with Crippen molar-refractivity contribution < 1.29 is 14.3 Å². The summed E-state index contributed by atoms with van der Waals surface area (Å²) in [5, 5.41) is -0.841. The van der Waals surface area contributed by atoms with E-state index in [-0.39, 0.29) is 12.4 Å². The molecule has 0 radical (unpaired) electrons. The SMILES string of the molecule is CCOC(=O)C(SC(=S)N1CCN(C)CC1)C(C)=O. The highest BCUT2D eigenvalue weighted by Crippen LogP contribution is 2.20. The molecule has 1 rings (SSSR count). The fourth-order valence-electron chi connectivity index (χ4n) is 1.68. The number of hydrogen-bond donors (Lipinski definition) is 0. The fraction of sp³-hybridized carbons (Fsp3) is 0.750. The van der Waals surface area contributed by atoms with Crippen LogP contribution in [-0.4, -0.2) is 71.0 Å². The molecule has 1 fully saturated rings. The van der Waals surface area contributed by atoms with Gasteiger partial charge in [-0.1, -0.05) is 24.0 Å².